The number of nitrogens with one attached hydrogen (secondary N) is 1. The van der Waals surface area contributed by atoms with Crippen LogP contribution < -0.4 is 5.32 Å². The minimum atomic E-state index is -1.12. The van der Waals surface area contributed by atoms with Crippen molar-refractivity contribution in [1.29, 1.82) is 0 Å². The molecule has 0 aromatic heterocycles. The molecule has 1 aromatic carbocycles. The van der Waals surface area contributed by atoms with Crippen LogP contribution in [0.3, 0.4) is 0 Å². The van der Waals surface area contributed by atoms with Gasteiger partial charge in [-0.25, -0.2) is 4.79 Å². The standard InChI is InChI=1S/C12H15ClN2O3/c1-15(2)6-5-11(16)14-8-3-4-10(13)9(7-8)12(17)18/h3-4,7H,5-6H2,1-2H3,(H,14,16)(H,17,18). The summed E-state index contributed by atoms with van der Waals surface area (Å²) in [4.78, 5) is 24.3. The van der Waals surface area contributed by atoms with E-state index in [0.29, 0.717) is 18.7 Å². The summed E-state index contributed by atoms with van der Waals surface area (Å²) in [7, 11) is 3.75. The summed E-state index contributed by atoms with van der Waals surface area (Å²) in [6.45, 7) is 0.630. The van der Waals surface area contributed by atoms with Crippen molar-refractivity contribution in [2.75, 3.05) is 26.0 Å². The Balaban J connectivity index is 2.70. The smallest absolute Gasteiger partial charge is 0.337 e. The molecule has 0 aliphatic rings. The number of anilines is 1. The van der Waals surface area contributed by atoms with Crippen molar-refractivity contribution in [2.45, 2.75) is 6.42 Å². The van der Waals surface area contributed by atoms with E-state index in [1.807, 2.05) is 19.0 Å². The van der Waals surface area contributed by atoms with Gasteiger partial charge in [0.2, 0.25) is 5.91 Å². The van der Waals surface area contributed by atoms with Crippen molar-refractivity contribution in [3.8, 4) is 0 Å². The second-order valence-corrected chi connectivity index (χ2v) is 4.51. The third-order valence-electron chi connectivity index (χ3n) is 2.27. The van der Waals surface area contributed by atoms with Crippen LogP contribution in [-0.2, 0) is 4.79 Å². The van der Waals surface area contributed by atoms with E-state index in [-0.39, 0.29) is 16.5 Å². The van der Waals surface area contributed by atoms with Crippen molar-refractivity contribution in [1.82, 2.24) is 4.90 Å². The fourth-order valence-electron chi connectivity index (χ4n) is 1.32. The zero-order chi connectivity index (χ0) is 13.7. The van der Waals surface area contributed by atoms with Crippen molar-refractivity contribution in [2.24, 2.45) is 0 Å². The largest absolute Gasteiger partial charge is 0.478 e. The van der Waals surface area contributed by atoms with E-state index in [1.165, 1.54) is 12.1 Å². The number of carbonyl (C=O) groups is 2. The number of rotatable bonds is 5. The fraction of sp³-hybridized carbons (Fsp3) is 0.333. The first-order chi connectivity index (χ1) is 8.40. The number of nitrogens with zero attached hydrogens (tertiary/aromatic N) is 1. The predicted molar refractivity (Wildman–Crippen MR) is 70.2 cm³/mol. The maximum absolute atomic E-state index is 11.6. The third-order valence-corrected chi connectivity index (χ3v) is 2.60. The van der Waals surface area contributed by atoms with Gasteiger partial charge >= 0.3 is 5.97 Å². The number of hydrogen-bond acceptors (Lipinski definition) is 3. The van der Waals surface area contributed by atoms with Crippen LogP contribution in [0.2, 0.25) is 5.02 Å². The fourth-order valence-corrected chi connectivity index (χ4v) is 1.51. The van der Waals surface area contributed by atoms with Crippen LogP contribution in [0.25, 0.3) is 0 Å². The van der Waals surface area contributed by atoms with Gasteiger partial charge in [-0.05, 0) is 32.3 Å². The molecule has 18 heavy (non-hydrogen) atoms. The number of amides is 1. The summed E-state index contributed by atoms with van der Waals surface area (Å²) in [5.41, 5.74) is 0.405. The molecule has 98 valence electrons. The molecule has 0 saturated carbocycles. The quantitative estimate of drug-likeness (QED) is 0.858. The molecule has 0 aliphatic carbocycles. The molecule has 2 N–H and O–H groups in total. The van der Waals surface area contributed by atoms with Gasteiger partial charge in [0.15, 0.2) is 0 Å². The Morgan fingerprint density at radius 1 is 1.39 bits per heavy atom. The van der Waals surface area contributed by atoms with Gasteiger partial charge in [0.1, 0.15) is 0 Å². The molecule has 1 aromatic rings. The Kier molecular flexibility index (Phi) is 5.12. The average molecular weight is 271 g/mol. The van der Waals surface area contributed by atoms with Gasteiger partial charge in [-0.15, -0.1) is 0 Å². The molecule has 0 spiro atoms. The third kappa shape index (κ3) is 4.35. The van der Waals surface area contributed by atoms with E-state index in [9.17, 15) is 9.59 Å². The van der Waals surface area contributed by atoms with E-state index >= 15 is 0 Å². The Hall–Kier alpha value is -1.59. The normalized spacial score (nSPS) is 10.4. The summed E-state index contributed by atoms with van der Waals surface area (Å²) in [6.07, 6.45) is 0.345. The molecule has 0 aliphatic heterocycles. The predicted octanol–water partition coefficient (Wildman–Crippen LogP) is 1.93. The lowest BCUT2D eigenvalue weighted by Gasteiger charge is -2.10. The topological polar surface area (TPSA) is 69.6 Å². The van der Waals surface area contributed by atoms with Gasteiger partial charge in [-0.3, -0.25) is 4.79 Å². The van der Waals surface area contributed by atoms with Crippen LogP contribution in [0.5, 0.6) is 0 Å². The van der Waals surface area contributed by atoms with Gasteiger partial charge in [0.05, 0.1) is 10.6 Å². The SMILES string of the molecule is CN(C)CCC(=O)Nc1ccc(Cl)c(C(=O)O)c1. The number of carboxylic acids is 1. The first kappa shape index (κ1) is 14.5. The molecule has 0 unspecified atom stereocenters. The van der Waals surface area contributed by atoms with Gasteiger partial charge < -0.3 is 15.3 Å². The van der Waals surface area contributed by atoms with E-state index < -0.39 is 5.97 Å². The highest BCUT2D eigenvalue weighted by atomic mass is 35.5. The number of aromatic carboxylic acids is 1. The summed E-state index contributed by atoms with van der Waals surface area (Å²) in [5, 5.41) is 11.7. The molecule has 0 radical (unpaired) electrons. The van der Waals surface area contributed by atoms with E-state index in [4.69, 9.17) is 16.7 Å². The Morgan fingerprint density at radius 3 is 2.61 bits per heavy atom. The van der Waals surface area contributed by atoms with Crippen LogP contribution in [0, 0.1) is 0 Å². The van der Waals surface area contributed by atoms with Crippen LogP contribution >= 0.6 is 11.6 Å². The molecule has 6 heteroatoms. The van der Waals surface area contributed by atoms with Crippen LogP contribution in [0.4, 0.5) is 5.69 Å². The van der Waals surface area contributed by atoms with Crippen molar-refractivity contribution < 1.29 is 14.7 Å². The van der Waals surface area contributed by atoms with Crippen molar-refractivity contribution in [3.05, 3.63) is 28.8 Å². The zero-order valence-electron chi connectivity index (χ0n) is 10.2. The van der Waals surface area contributed by atoms with Gasteiger partial charge in [-0.1, -0.05) is 11.6 Å². The van der Waals surface area contributed by atoms with Gasteiger partial charge in [0, 0.05) is 18.7 Å². The second-order valence-electron chi connectivity index (χ2n) is 4.10. The summed E-state index contributed by atoms with van der Waals surface area (Å²) in [6, 6.07) is 4.37. The number of halogens is 1. The molecule has 5 nitrogen and oxygen atoms in total. The summed E-state index contributed by atoms with van der Waals surface area (Å²) in [5.74, 6) is -1.29. The van der Waals surface area contributed by atoms with E-state index in [0.717, 1.165) is 0 Å². The van der Waals surface area contributed by atoms with Crippen molar-refractivity contribution >= 4 is 29.2 Å². The lowest BCUT2D eigenvalue weighted by Crippen LogP contribution is -2.20. The lowest BCUT2D eigenvalue weighted by molar-refractivity contribution is -0.116. The maximum Gasteiger partial charge on any atom is 0.337 e. The van der Waals surface area contributed by atoms with E-state index in [1.54, 1.807) is 6.07 Å². The minimum Gasteiger partial charge on any atom is -0.478 e. The second kappa shape index (κ2) is 6.37. The molecular formula is C12H15ClN2O3. The summed E-state index contributed by atoms with van der Waals surface area (Å²) < 4.78 is 0. The van der Waals surface area contributed by atoms with Crippen LogP contribution in [-0.4, -0.2) is 42.5 Å². The molecular weight excluding hydrogens is 256 g/mol. The molecule has 0 atom stereocenters. The highest BCUT2D eigenvalue weighted by Gasteiger charge is 2.10. The lowest BCUT2D eigenvalue weighted by atomic mass is 10.2. The molecule has 1 amide bonds. The van der Waals surface area contributed by atoms with E-state index in [2.05, 4.69) is 5.32 Å². The van der Waals surface area contributed by atoms with Crippen molar-refractivity contribution in [3.63, 3.8) is 0 Å². The number of carbonyl (C=O) groups excluding carboxylic acids is 1. The highest BCUT2D eigenvalue weighted by molar-refractivity contribution is 6.33. The Bertz CT molecular complexity index is 461. The Labute approximate surface area is 110 Å². The highest BCUT2D eigenvalue weighted by Crippen LogP contribution is 2.20. The first-order valence-electron chi connectivity index (χ1n) is 5.37. The molecule has 0 fully saturated rings. The first-order valence-corrected chi connectivity index (χ1v) is 5.75. The van der Waals surface area contributed by atoms with Gasteiger partial charge in [-0.2, -0.15) is 0 Å². The molecule has 0 saturated heterocycles. The summed E-state index contributed by atoms with van der Waals surface area (Å²) >= 11 is 5.73. The van der Waals surface area contributed by atoms with Crippen LogP contribution in [0.15, 0.2) is 18.2 Å². The Morgan fingerprint density at radius 2 is 2.06 bits per heavy atom. The molecule has 1 rings (SSSR count). The number of benzene rings is 1. The molecule has 0 heterocycles. The number of hydrogen-bond donors (Lipinski definition) is 2. The maximum atomic E-state index is 11.6. The zero-order valence-corrected chi connectivity index (χ0v) is 11.0. The number of carboxylic acid groups (broad SMARTS) is 1. The monoisotopic (exact) mass is 270 g/mol. The molecule has 0 bridgehead atoms. The van der Waals surface area contributed by atoms with Gasteiger partial charge in [0.25, 0.3) is 0 Å². The van der Waals surface area contributed by atoms with Crippen LogP contribution in [0.1, 0.15) is 16.8 Å². The average Bonchev–Trinajstić information content (AvgIpc) is 2.28. The minimum absolute atomic E-state index is 0.0259.